The summed E-state index contributed by atoms with van der Waals surface area (Å²) in [4.78, 5) is 11.7. The van der Waals surface area contributed by atoms with Crippen LogP contribution in [0.25, 0.3) is 0 Å². The van der Waals surface area contributed by atoms with Crippen molar-refractivity contribution in [3.05, 3.63) is 0 Å². The van der Waals surface area contributed by atoms with Gasteiger partial charge in [-0.3, -0.25) is 4.79 Å². The molecule has 0 aliphatic rings. The Morgan fingerprint density at radius 1 is 0.692 bits per heavy atom. The lowest BCUT2D eigenvalue weighted by atomic mass is 10.1. The third kappa shape index (κ3) is 19.7. The van der Waals surface area contributed by atoms with E-state index in [2.05, 4.69) is 13.8 Å². The summed E-state index contributed by atoms with van der Waals surface area (Å²) in [5.74, 6) is -0.101. The number of esters is 1. The second-order valence-corrected chi connectivity index (χ2v) is 7.25. The van der Waals surface area contributed by atoms with Gasteiger partial charge in [0.05, 0.1) is 19.3 Å². The van der Waals surface area contributed by atoms with Crippen molar-refractivity contribution in [3.63, 3.8) is 0 Å². The van der Waals surface area contributed by atoms with E-state index in [1.165, 1.54) is 51.4 Å². The normalized spacial score (nSPS) is 12.3. The zero-order chi connectivity index (χ0) is 19.3. The van der Waals surface area contributed by atoms with Gasteiger partial charge in [-0.2, -0.15) is 0 Å². The molecule has 0 N–H and O–H groups in total. The van der Waals surface area contributed by atoms with Crippen molar-refractivity contribution >= 4 is 5.97 Å². The minimum atomic E-state index is -0.101. The molecule has 156 valence electrons. The molecule has 0 aliphatic heterocycles. The molecule has 0 heterocycles. The van der Waals surface area contributed by atoms with Gasteiger partial charge in [-0.25, -0.2) is 0 Å². The molecule has 4 nitrogen and oxygen atoms in total. The van der Waals surface area contributed by atoms with E-state index >= 15 is 0 Å². The first-order valence-electron chi connectivity index (χ1n) is 11.1. The highest BCUT2D eigenvalue weighted by molar-refractivity contribution is 5.69. The van der Waals surface area contributed by atoms with E-state index in [1.807, 2.05) is 6.92 Å². The maximum atomic E-state index is 11.7. The summed E-state index contributed by atoms with van der Waals surface area (Å²) in [7, 11) is 0. The van der Waals surface area contributed by atoms with Crippen LogP contribution < -0.4 is 0 Å². The molecular weight excluding hydrogens is 328 g/mol. The Morgan fingerprint density at radius 2 is 1.23 bits per heavy atom. The van der Waals surface area contributed by atoms with Crippen LogP contribution in [0.3, 0.4) is 0 Å². The molecule has 4 heteroatoms. The lowest BCUT2D eigenvalue weighted by Crippen LogP contribution is -2.15. The number of hydrogen-bond acceptors (Lipinski definition) is 4. The van der Waals surface area contributed by atoms with Crippen molar-refractivity contribution in [2.45, 2.75) is 110 Å². The molecule has 0 aromatic carbocycles. The van der Waals surface area contributed by atoms with E-state index in [-0.39, 0.29) is 12.1 Å². The Morgan fingerprint density at radius 3 is 1.88 bits per heavy atom. The van der Waals surface area contributed by atoms with Crippen molar-refractivity contribution < 1.29 is 19.0 Å². The molecule has 0 radical (unpaired) electrons. The van der Waals surface area contributed by atoms with E-state index in [4.69, 9.17) is 14.2 Å². The molecule has 0 fully saturated rings. The molecule has 0 spiro atoms. The number of carbonyl (C=O) groups excluding carboxylic acids is 1. The highest BCUT2D eigenvalue weighted by Gasteiger charge is 2.09. The van der Waals surface area contributed by atoms with Crippen molar-refractivity contribution in [2.75, 3.05) is 26.4 Å². The minimum absolute atomic E-state index is 0.0376. The molecule has 1 unspecified atom stereocenters. The SMILES string of the molecule is CCCCCCCCOCCOCCCC(=O)OC(C)CCCCCC. The van der Waals surface area contributed by atoms with E-state index < -0.39 is 0 Å². The lowest BCUT2D eigenvalue weighted by molar-refractivity contribution is -0.148. The maximum absolute atomic E-state index is 11.7. The fraction of sp³-hybridized carbons (Fsp3) is 0.955. The predicted molar refractivity (Wildman–Crippen MR) is 109 cm³/mol. The maximum Gasteiger partial charge on any atom is 0.306 e. The Hall–Kier alpha value is -0.610. The average molecular weight is 373 g/mol. The molecule has 0 aromatic rings. The predicted octanol–water partition coefficient (Wildman–Crippen LogP) is 6.06. The third-order valence-corrected chi connectivity index (χ3v) is 4.48. The minimum Gasteiger partial charge on any atom is -0.463 e. The number of hydrogen-bond donors (Lipinski definition) is 0. The molecule has 1 atom stereocenters. The Labute approximate surface area is 162 Å². The average Bonchev–Trinajstić information content (AvgIpc) is 2.62. The zero-order valence-corrected chi connectivity index (χ0v) is 17.7. The first-order valence-corrected chi connectivity index (χ1v) is 11.1. The van der Waals surface area contributed by atoms with Crippen molar-refractivity contribution in [2.24, 2.45) is 0 Å². The lowest BCUT2D eigenvalue weighted by Gasteiger charge is -2.13. The van der Waals surface area contributed by atoms with Crippen LogP contribution in [0.4, 0.5) is 0 Å². The fourth-order valence-corrected chi connectivity index (χ4v) is 2.83. The molecule has 0 rings (SSSR count). The topological polar surface area (TPSA) is 44.8 Å². The molecule has 26 heavy (non-hydrogen) atoms. The van der Waals surface area contributed by atoms with Crippen LogP contribution in [0, 0.1) is 0 Å². The largest absolute Gasteiger partial charge is 0.463 e. The summed E-state index contributed by atoms with van der Waals surface area (Å²) in [6, 6.07) is 0. The van der Waals surface area contributed by atoms with Gasteiger partial charge < -0.3 is 14.2 Å². The summed E-state index contributed by atoms with van der Waals surface area (Å²) >= 11 is 0. The smallest absolute Gasteiger partial charge is 0.306 e. The molecule has 0 aromatic heterocycles. The van der Waals surface area contributed by atoms with Crippen molar-refractivity contribution in [1.29, 1.82) is 0 Å². The number of ether oxygens (including phenoxy) is 3. The summed E-state index contributed by atoms with van der Waals surface area (Å²) in [5.41, 5.74) is 0. The highest BCUT2D eigenvalue weighted by atomic mass is 16.5. The van der Waals surface area contributed by atoms with Gasteiger partial charge in [-0.1, -0.05) is 65.2 Å². The van der Waals surface area contributed by atoms with Crippen LogP contribution in [0.2, 0.25) is 0 Å². The third-order valence-electron chi connectivity index (χ3n) is 4.48. The van der Waals surface area contributed by atoms with Crippen LogP contribution in [-0.2, 0) is 19.0 Å². The molecule has 0 saturated heterocycles. The quantitative estimate of drug-likeness (QED) is 0.192. The van der Waals surface area contributed by atoms with Crippen molar-refractivity contribution in [3.8, 4) is 0 Å². The summed E-state index contributed by atoms with van der Waals surface area (Å²) in [6.45, 7) is 9.11. The van der Waals surface area contributed by atoms with Gasteiger partial charge in [0.2, 0.25) is 0 Å². The highest BCUT2D eigenvalue weighted by Crippen LogP contribution is 2.09. The van der Waals surface area contributed by atoms with Gasteiger partial charge in [0.25, 0.3) is 0 Å². The van der Waals surface area contributed by atoms with Gasteiger partial charge in [-0.15, -0.1) is 0 Å². The molecule has 0 saturated carbocycles. The Balaban J connectivity index is 3.25. The Kier molecular flexibility index (Phi) is 20.2. The molecular formula is C22H44O4. The second kappa shape index (κ2) is 20.7. The number of rotatable bonds is 20. The standard InChI is InChI=1S/C22H44O4/c1-4-6-8-10-11-13-17-24-19-20-25-18-14-16-22(23)26-21(3)15-12-9-7-5-2/h21H,4-20H2,1-3H3. The summed E-state index contributed by atoms with van der Waals surface area (Å²) in [6.07, 6.45) is 14.8. The Bertz CT molecular complexity index is 294. The first-order chi connectivity index (χ1) is 12.7. The fourth-order valence-electron chi connectivity index (χ4n) is 2.83. The van der Waals surface area contributed by atoms with Crippen LogP contribution in [0.5, 0.6) is 0 Å². The summed E-state index contributed by atoms with van der Waals surface area (Å²) < 4.78 is 16.5. The van der Waals surface area contributed by atoms with Crippen LogP contribution in [0.1, 0.15) is 104 Å². The molecule has 0 aliphatic carbocycles. The van der Waals surface area contributed by atoms with E-state index in [0.29, 0.717) is 26.2 Å². The van der Waals surface area contributed by atoms with Gasteiger partial charge in [0.15, 0.2) is 0 Å². The van der Waals surface area contributed by atoms with E-state index in [9.17, 15) is 4.79 Å². The van der Waals surface area contributed by atoms with Gasteiger partial charge in [0, 0.05) is 19.6 Å². The summed E-state index contributed by atoms with van der Waals surface area (Å²) in [5, 5.41) is 0. The second-order valence-electron chi connectivity index (χ2n) is 7.25. The van der Waals surface area contributed by atoms with Crippen molar-refractivity contribution in [1.82, 2.24) is 0 Å². The van der Waals surface area contributed by atoms with Crippen LogP contribution in [0.15, 0.2) is 0 Å². The molecule has 0 bridgehead atoms. The molecule has 0 amide bonds. The first kappa shape index (κ1) is 25.4. The van der Waals surface area contributed by atoms with Crippen LogP contribution >= 0.6 is 0 Å². The van der Waals surface area contributed by atoms with Crippen LogP contribution in [-0.4, -0.2) is 38.5 Å². The zero-order valence-electron chi connectivity index (χ0n) is 17.7. The van der Waals surface area contributed by atoms with Gasteiger partial charge >= 0.3 is 5.97 Å². The van der Waals surface area contributed by atoms with E-state index in [1.54, 1.807) is 0 Å². The monoisotopic (exact) mass is 372 g/mol. The van der Waals surface area contributed by atoms with Gasteiger partial charge in [-0.05, 0) is 32.6 Å². The number of unbranched alkanes of at least 4 members (excludes halogenated alkanes) is 8. The number of carbonyl (C=O) groups is 1. The van der Waals surface area contributed by atoms with Gasteiger partial charge in [0.1, 0.15) is 0 Å². The van der Waals surface area contributed by atoms with E-state index in [0.717, 1.165) is 32.3 Å².